The van der Waals surface area contributed by atoms with Crippen molar-refractivity contribution in [1.82, 2.24) is 24.8 Å². The van der Waals surface area contributed by atoms with Gasteiger partial charge in [0.15, 0.2) is 0 Å². The molecule has 4 rings (SSSR count). The van der Waals surface area contributed by atoms with Crippen molar-refractivity contribution in [2.45, 2.75) is 18.9 Å². The van der Waals surface area contributed by atoms with Crippen LogP contribution in [-0.4, -0.2) is 84.0 Å². The lowest BCUT2D eigenvalue weighted by atomic mass is 10.0. The van der Waals surface area contributed by atoms with Gasteiger partial charge in [-0.05, 0) is 38.9 Å². The summed E-state index contributed by atoms with van der Waals surface area (Å²) < 4.78 is 0. The van der Waals surface area contributed by atoms with Gasteiger partial charge in [0.2, 0.25) is 5.91 Å². The number of hydrogen-bond acceptors (Lipinski definition) is 7. The molecule has 32 heavy (non-hydrogen) atoms. The summed E-state index contributed by atoms with van der Waals surface area (Å²) >= 11 is 0. The van der Waals surface area contributed by atoms with Crippen LogP contribution in [0.2, 0.25) is 0 Å². The van der Waals surface area contributed by atoms with Crippen LogP contribution >= 0.6 is 0 Å². The first kappa shape index (κ1) is 22.0. The second-order valence-electron chi connectivity index (χ2n) is 8.80. The van der Waals surface area contributed by atoms with Gasteiger partial charge in [-0.3, -0.25) is 14.6 Å². The van der Waals surface area contributed by atoms with Crippen LogP contribution in [0.4, 0.5) is 11.5 Å². The Labute approximate surface area is 188 Å². The lowest BCUT2D eigenvalue weighted by Gasteiger charge is -2.46. The van der Waals surface area contributed by atoms with Crippen molar-refractivity contribution < 1.29 is 4.79 Å². The van der Waals surface area contributed by atoms with Gasteiger partial charge in [-0.2, -0.15) is 0 Å². The molecule has 1 aliphatic heterocycles. The standard InChI is InChI=1S/C23H31N7O2/c1-24-21-12-25-11-19(27-21)17-9-20(23(32)26-10-17)30(13-16-6-7-16)18-14-29(15-18)22(31)5-4-8-28(2)3/h4-5,9-12,16,18H,6-8,13-15H2,1-3H3,(H,24,27)(H,26,32). The van der Waals surface area contributed by atoms with E-state index < -0.39 is 0 Å². The third-order valence-electron chi connectivity index (χ3n) is 5.88. The topological polar surface area (TPSA) is 97.5 Å². The Morgan fingerprint density at radius 2 is 2.09 bits per heavy atom. The van der Waals surface area contributed by atoms with Gasteiger partial charge in [-0.1, -0.05) is 6.08 Å². The average Bonchev–Trinajstić information content (AvgIpc) is 3.56. The summed E-state index contributed by atoms with van der Waals surface area (Å²) in [6.45, 7) is 2.81. The molecule has 170 valence electrons. The first-order valence-corrected chi connectivity index (χ1v) is 11.0. The lowest BCUT2D eigenvalue weighted by Crippen LogP contribution is -2.62. The number of rotatable bonds is 9. The fourth-order valence-corrected chi connectivity index (χ4v) is 3.78. The van der Waals surface area contributed by atoms with Crippen LogP contribution in [0.25, 0.3) is 11.3 Å². The van der Waals surface area contributed by atoms with Crippen LogP contribution in [0.3, 0.4) is 0 Å². The maximum absolute atomic E-state index is 12.8. The number of aromatic nitrogens is 3. The molecule has 0 atom stereocenters. The van der Waals surface area contributed by atoms with Crippen molar-refractivity contribution in [3.8, 4) is 11.3 Å². The molecule has 0 spiro atoms. The number of pyridine rings is 1. The molecule has 2 aromatic heterocycles. The van der Waals surface area contributed by atoms with Crippen LogP contribution in [0.5, 0.6) is 0 Å². The number of carbonyl (C=O) groups excluding carboxylic acids is 1. The molecule has 3 heterocycles. The first-order valence-electron chi connectivity index (χ1n) is 11.0. The molecule has 2 N–H and O–H groups in total. The molecule has 1 saturated heterocycles. The Bertz CT molecular complexity index is 1040. The number of H-pyrrole nitrogens is 1. The smallest absolute Gasteiger partial charge is 0.271 e. The zero-order chi connectivity index (χ0) is 22.7. The fraction of sp³-hybridized carbons (Fsp3) is 0.478. The van der Waals surface area contributed by atoms with E-state index in [1.165, 1.54) is 12.8 Å². The highest BCUT2D eigenvalue weighted by Gasteiger charge is 2.37. The first-order chi connectivity index (χ1) is 15.4. The van der Waals surface area contributed by atoms with E-state index in [0.29, 0.717) is 36.2 Å². The van der Waals surface area contributed by atoms with Crippen LogP contribution in [0.15, 0.2) is 41.6 Å². The van der Waals surface area contributed by atoms with Crippen molar-refractivity contribution in [2.24, 2.45) is 5.92 Å². The van der Waals surface area contributed by atoms with Gasteiger partial charge in [-0.15, -0.1) is 0 Å². The molecule has 2 fully saturated rings. The number of likely N-dealkylation sites (N-methyl/N-ethyl adjacent to an activating group) is 1. The zero-order valence-corrected chi connectivity index (χ0v) is 18.9. The monoisotopic (exact) mass is 437 g/mol. The molecule has 1 saturated carbocycles. The van der Waals surface area contributed by atoms with Crippen LogP contribution in [-0.2, 0) is 4.79 Å². The van der Waals surface area contributed by atoms with Gasteiger partial charge < -0.3 is 25.0 Å². The highest BCUT2D eigenvalue weighted by atomic mass is 16.2. The molecule has 0 bridgehead atoms. The fourth-order valence-electron chi connectivity index (χ4n) is 3.78. The predicted octanol–water partition coefficient (Wildman–Crippen LogP) is 1.42. The van der Waals surface area contributed by atoms with Crippen molar-refractivity contribution >= 4 is 17.4 Å². The summed E-state index contributed by atoms with van der Waals surface area (Å²) in [6.07, 6.45) is 10.9. The van der Waals surface area contributed by atoms with E-state index in [1.807, 2.05) is 36.0 Å². The van der Waals surface area contributed by atoms with Crippen LogP contribution < -0.4 is 15.8 Å². The van der Waals surface area contributed by atoms with Gasteiger partial charge in [0.25, 0.3) is 5.56 Å². The van der Waals surface area contributed by atoms with Crippen molar-refractivity contribution in [3.05, 3.63) is 47.2 Å². The van der Waals surface area contributed by atoms with Crippen molar-refractivity contribution in [2.75, 3.05) is 57.5 Å². The molecule has 9 heteroatoms. The highest BCUT2D eigenvalue weighted by molar-refractivity contribution is 5.88. The molecule has 1 amide bonds. The summed E-state index contributed by atoms with van der Waals surface area (Å²) in [5, 5.41) is 2.99. The Kier molecular flexibility index (Phi) is 6.55. The molecular weight excluding hydrogens is 406 g/mol. The number of nitrogens with zero attached hydrogens (tertiary/aromatic N) is 5. The average molecular weight is 438 g/mol. The second kappa shape index (κ2) is 9.52. The third kappa shape index (κ3) is 5.16. The summed E-state index contributed by atoms with van der Waals surface area (Å²) in [7, 11) is 5.73. The number of hydrogen-bond donors (Lipinski definition) is 2. The number of carbonyl (C=O) groups is 1. The number of anilines is 2. The SMILES string of the molecule is CNc1cncc(-c2c[nH]c(=O)c(N(CC3CC3)C3CN(C(=O)C=CCN(C)C)C3)c2)n1. The number of aromatic amines is 1. The highest BCUT2D eigenvalue weighted by Crippen LogP contribution is 2.33. The maximum atomic E-state index is 12.8. The van der Waals surface area contributed by atoms with Crippen LogP contribution in [0.1, 0.15) is 12.8 Å². The van der Waals surface area contributed by atoms with E-state index in [2.05, 4.69) is 25.2 Å². The quantitative estimate of drug-likeness (QED) is 0.573. The second-order valence-corrected chi connectivity index (χ2v) is 8.80. The van der Waals surface area contributed by atoms with Gasteiger partial charge >= 0.3 is 0 Å². The molecule has 1 aliphatic carbocycles. The minimum Gasteiger partial charge on any atom is -0.372 e. The minimum absolute atomic E-state index is 0.0243. The molecule has 2 aliphatic rings. The Balaban J connectivity index is 1.52. The number of likely N-dealkylation sites (tertiary alicyclic amines) is 1. The molecule has 0 aromatic carbocycles. The van der Waals surface area contributed by atoms with E-state index in [4.69, 9.17) is 0 Å². The predicted molar refractivity (Wildman–Crippen MR) is 126 cm³/mol. The molecule has 9 nitrogen and oxygen atoms in total. The van der Waals surface area contributed by atoms with Gasteiger partial charge in [-0.25, -0.2) is 4.98 Å². The van der Waals surface area contributed by atoms with Gasteiger partial charge in [0, 0.05) is 51.1 Å². The Morgan fingerprint density at radius 1 is 1.31 bits per heavy atom. The van der Waals surface area contributed by atoms with E-state index in [0.717, 1.165) is 18.7 Å². The number of amides is 1. The molecule has 0 unspecified atom stereocenters. The summed E-state index contributed by atoms with van der Waals surface area (Å²) in [4.78, 5) is 42.9. The van der Waals surface area contributed by atoms with Crippen molar-refractivity contribution in [3.63, 3.8) is 0 Å². The van der Waals surface area contributed by atoms with E-state index in [1.54, 1.807) is 31.7 Å². The normalized spacial score (nSPS) is 16.4. The maximum Gasteiger partial charge on any atom is 0.271 e. The summed E-state index contributed by atoms with van der Waals surface area (Å²) in [5.41, 5.74) is 2.01. The Morgan fingerprint density at radius 3 is 2.78 bits per heavy atom. The van der Waals surface area contributed by atoms with E-state index in [9.17, 15) is 9.59 Å². The van der Waals surface area contributed by atoms with Gasteiger partial charge in [0.1, 0.15) is 11.5 Å². The molecule has 2 aromatic rings. The number of nitrogens with one attached hydrogen (secondary N) is 2. The summed E-state index contributed by atoms with van der Waals surface area (Å²) in [5.74, 6) is 1.30. The Hall–Kier alpha value is -3.20. The largest absolute Gasteiger partial charge is 0.372 e. The van der Waals surface area contributed by atoms with Crippen LogP contribution in [0, 0.1) is 5.92 Å². The van der Waals surface area contributed by atoms with E-state index >= 15 is 0 Å². The minimum atomic E-state index is -0.122. The molecular formula is C23H31N7O2. The molecule has 0 radical (unpaired) electrons. The van der Waals surface area contributed by atoms with E-state index in [-0.39, 0.29) is 17.5 Å². The third-order valence-corrected chi connectivity index (χ3v) is 5.88. The zero-order valence-electron chi connectivity index (χ0n) is 18.9. The van der Waals surface area contributed by atoms with Gasteiger partial charge in [0.05, 0.1) is 24.1 Å². The summed E-state index contributed by atoms with van der Waals surface area (Å²) in [6, 6.07) is 2.03. The van der Waals surface area contributed by atoms with Crippen molar-refractivity contribution in [1.29, 1.82) is 0 Å². The lowest BCUT2D eigenvalue weighted by molar-refractivity contribution is -0.130.